The van der Waals surface area contributed by atoms with Gasteiger partial charge in [0.25, 0.3) is 0 Å². The van der Waals surface area contributed by atoms with Gasteiger partial charge in [0.05, 0.1) is 75.3 Å². The minimum absolute atomic E-state index is 0. The Morgan fingerprint density at radius 3 is 1.36 bits per heavy atom. The summed E-state index contributed by atoms with van der Waals surface area (Å²) in [5.74, 6) is 0.207. The van der Waals surface area contributed by atoms with Crippen LogP contribution in [0.25, 0.3) is 56.1 Å². The van der Waals surface area contributed by atoms with Gasteiger partial charge in [0.15, 0.2) is 11.3 Å². The number of ether oxygens (including phenoxy) is 3. The molecule has 2 aliphatic carbocycles. The molecule has 6 N–H and O–H groups in total. The molecule has 10 rings (SSSR count). The smallest absolute Gasteiger partial charge is 0.870 e. The van der Waals surface area contributed by atoms with Crippen LogP contribution in [0.4, 0.5) is 11.6 Å². The SMILES string of the molecule is COC(=O)CC1(OC)CCC(c2nc3c(-c4ccc(-c5ccccc5)nc4)cnn3c(N)c2Br)CC1.COC1(CC(=O)O)CCC(c2nc3c(-c4ccc(-c5ccccc5)nc4)cnn3c(N)c2Br)CC1.[Li+].[OH-]. The standard InChI is InChI=1S/C27H28BrN5O3.C26H26BrN5O3.Li.H2O/c1-35-22(34)14-27(36-2)12-10-18(11-13-27)24-23(28)25(29)33-26(32-24)20(16-31-33)19-8-9-21(30-15-19)17-6-4-3-5-7-17;1-35-26(13-21(33)34)11-9-17(10-12-26)23-22(27)24(28)32-25(31-23)19(15-30-32)18-7-8-20(29-14-18)16-5-3-2-4-6-16;;/h3-9,15-16,18H,10-14,29H2,1-2H3;2-8,14-15,17H,9-13,28H2,1H3,(H,33,34);;1H2/q;;+1;/p-1. The van der Waals surface area contributed by atoms with Crippen molar-refractivity contribution in [1.82, 2.24) is 39.2 Å². The quantitative estimate of drug-likeness (QED) is 0.0789. The van der Waals surface area contributed by atoms with Crippen LogP contribution in [0.1, 0.15) is 87.4 Å². The molecule has 6 aromatic heterocycles. The van der Waals surface area contributed by atoms with Gasteiger partial charge in [-0.05, 0) is 95.4 Å². The average Bonchev–Trinajstić information content (AvgIpc) is 4.05. The molecule has 0 amide bonds. The number of carbonyl (C=O) groups is 2. The maximum absolute atomic E-state index is 11.9. The molecule has 0 saturated heterocycles. The number of halogens is 2. The Morgan fingerprint density at radius 2 is 1.01 bits per heavy atom. The summed E-state index contributed by atoms with van der Waals surface area (Å²) in [6.45, 7) is 0. The second-order valence-corrected chi connectivity index (χ2v) is 19.8. The molecule has 374 valence electrons. The van der Waals surface area contributed by atoms with E-state index in [9.17, 15) is 14.7 Å². The summed E-state index contributed by atoms with van der Waals surface area (Å²) < 4.78 is 21.1. The molecule has 0 unspecified atom stereocenters. The molecule has 6 heterocycles. The first kappa shape index (κ1) is 54.7. The molecular weight excluding hydrogens is 1060 g/mol. The van der Waals surface area contributed by atoms with Crippen molar-refractivity contribution in [2.24, 2.45) is 0 Å². The fourth-order valence-electron chi connectivity index (χ4n) is 9.99. The number of benzene rings is 2. The maximum atomic E-state index is 11.9. The van der Waals surface area contributed by atoms with E-state index in [1.165, 1.54) is 7.11 Å². The number of carbonyl (C=O) groups excluding carboxylic acids is 1. The van der Waals surface area contributed by atoms with Crippen LogP contribution in [0.15, 0.2) is 119 Å². The third kappa shape index (κ3) is 11.4. The predicted octanol–water partition coefficient (Wildman–Crippen LogP) is 7.56. The largest absolute Gasteiger partial charge is 1.00 e. The molecule has 73 heavy (non-hydrogen) atoms. The van der Waals surface area contributed by atoms with Crippen LogP contribution in [0.3, 0.4) is 0 Å². The number of anilines is 2. The molecule has 0 atom stereocenters. The van der Waals surface area contributed by atoms with Gasteiger partial charge in [0.2, 0.25) is 0 Å². The van der Waals surface area contributed by atoms with Gasteiger partial charge in [-0.25, -0.2) is 9.97 Å². The molecule has 2 aromatic carbocycles. The summed E-state index contributed by atoms with van der Waals surface area (Å²) in [4.78, 5) is 42.6. The number of hydrogen-bond acceptors (Lipinski definition) is 14. The Hall–Kier alpha value is -6.04. The Kier molecular flexibility index (Phi) is 17.6. The number of methoxy groups -OCH3 is 3. The Morgan fingerprint density at radius 1 is 0.616 bits per heavy atom. The summed E-state index contributed by atoms with van der Waals surface area (Å²) in [7, 11) is 4.67. The van der Waals surface area contributed by atoms with E-state index in [1.807, 2.05) is 97.3 Å². The number of nitrogen functional groups attached to an aromatic ring is 2. The zero-order valence-corrected chi connectivity index (χ0v) is 44.2. The maximum Gasteiger partial charge on any atom is 1.00 e. The van der Waals surface area contributed by atoms with E-state index in [0.29, 0.717) is 35.8 Å². The van der Waals surface area contributed by atoms with Crippen molar-refractivity contribution in [3.8, 4) is 44.8 Å². The molecule has 17 nitrogen and oxygen atoms in total. The van der Waals surface area contributed by atoms with Gasteiger partial charge in [-0.15, -0.1) is 0 Å². The van der Waals surface area contributed by atoms with Crippen LogP contribution in [0, 0.1) is 0 Å². The van der Waals surface area contributed by atoms with Gasteiger partial charge >= 0.3 is 30.8 Å². The third-order valence-electron chi connectivity index (χ3n) is 14.2. The summed E-state index contributed by atoms with van der Waals surface area (Å²) in [6.07, 6.45) is 13.4. The van der Waals surface area contributed by atoms with E-state index in [4.69, 9.17) is 35.6 Å². The number of esters is 1. The van der Waals surface area contributed by atoms with Gasteiger partial charge < -0.3 is 36.3 Å². The van der Waals surface area contributed by atoms with Crippen molar-refractivity contribution < 1.29 is 53.2 Å². The molecule has 2 fully saturated rings. The number of carboxylic acids is 1. The zero-order chi connectivity index (χ0) is 49.9. The van der Waals surface area contributed by atoms with E-state index in [2.05, 4.69) is 52.0 Å². The van der Waals surface area contributed by atoms with Gasteiger partial charge in [-0.3, -0.25) is 19.6 Å². The van der Waals surface area contributed by atoms with E-state index in [-0.39, 0.29) is 55.0 Å². The number of hydrogen-bond donors (Lipinski definition) is 3. The van der Waals surface area contributed by atoms with E-state index in [1.54, 1.807) is 35.6 Å². The molecule has 0 radical (unpaired) electrons. The van der Waals surface area contributed by atoms with Crippen LogP contribution in [0.5, 0.6) is 0 Å². The van der Waals surface area contributed by atoms with Crippen LogP contribution < -0.4 is 30.3 Å². The number of rotatable bonds is 12. The van der Waals surface area contributed by atoms with Gasteiger partial charge in [0, 0.05) is 71.8 Å². The van der Waals surface area contributed by atoms with Crippen molar-refractivity contribution in [2.45, 2.75) is 87.2 Å². The second-order valence-electron chi connectivity index (χ2n) is 18.2. The summed E-state index contributed by atoms with van der Waals surface area (Å²) in [5, 5.41) is 18.3. The fourth-order valence-corrected chi connectivity index (χ4v) is 11.2. The predicted molar refractivity (Wildman–Crippen MR) is 280 cm³/mol. The molecule has 20 heteroatoms. The van der Waals surface area contributed by atoms with Crippen molar-refractivity contribution in [3.05, 3.63) is 130 Å². The average molecular weight is 1110 g/mol. The normalized spacial score (nSPS) is 19.5. The first-order valence-corrected chi connectivity index (χ1v) is 25.0. The number of nitrogens with zero attached hydrogens (tertiary/aromatic N) is 8. The summed E-state index contributed by atoms with van der Waals surface area (Å²) in [6, 6.07) is 28.1. The Labute approximate surface area is 451 Å². The Bertz CT molecular complexity index is 3180. The monoisotopic (exact) mass is 1110 g/mol. The molecule has 2 saturated carbocycles. The van der Waals surface area contributed by atoms with Gasteiger partial charge in [-0.1, -0.05) is 72.8 Å². The number of pyridine rings is 2. The van der Waals surface area contributed by atoms with E-state index < -0.39 is 17.2 Å². The summed E-state index contributed by atoms with van der Waals surface area (Å²) in [5.41, 5.74) is 22.4. The zero-order valence-electron chi connectivity index (χ0n) is 41.0. The molecule has 2 aliphatic rings. The minimum Gasteiger partial charge on any atom is -0.870 e. The number of aromatic nitrogens is 8. The van der Waals surface area contributed by atoms with Crippen molar-refractivity contribution in [2.75, 3.05) is 32.8 Å². The number of carboxylic acid groups (broad SMARTS) is 1. The number of fused-ring (bicyclic) bond motifs is 2. The van der Waals surface area contributed by atoms with Crippen molar-refractivity contribution in [3.63, 3.8) is 0 Å². The number of aliphatic carboxylic acids is 1. The molecule has 0 spiro atoms. The van der Waals surface area contributed by atoms with Crippen LogP contribution in [-0.2, 0) is 23.8 Å². The first-order valence-electron chi connectivity index (χ1n) is 23.4. The molecular formula is C53H55Br2LiN10O7. The third-order valence-corrected chi connectivity index (χ3v) is 15.8. The molecule has 0 bridgehead atoms. The van der Waals surface area contributed by atoms with Crippen molar-refractivity contribution >= 4 is 66.7 Å². The van der Waals surface area contributed by atoms with Crippen molar-refractivity contribution in [1.29, 1.82) is 0 Å². The van der Waals surface area contributed by atoms with Gasteiger partial charge in [-0.2, -0.15) is 19.2 Å². The van der Waals surface area contributed by atoms with E-state index >= 15 is 0 Å². The number of nitrogens with two attached hydrogens (primary N) is 2. The second kappa shape index (κ2) is 23.4. The minimum atomic E-state index is -0.842. The van der Waals surface area contributed by atoms with Crippen LogP contribution in [0.2, 0.25) is 0 Å². The topological polar surface area (TPSA) is 250 Å². The summed E-state index contributed by atoms with van der Waals surface area (Å²) >= 11 is 7.31. The molecule has 8 aromatic rings. The van der Waals surface area contributed by atoms with Crippen LogP contribution >= 0.6 is 31.9 Å². The van der Waals surface area contributed by atoms with Gasteiger partial charge in [0.1, 0.15) is 11.6 Å². The first-order chi connectivity index (χ1) is 34.3. The molecule has 0 aliphatic heterocycles. The van der Waals surface area contributed by atoms with E-state index in [0.717, 1.165) is 104 Å². The van der Waals surface area contributed by atoms with Crippen LogP contribution in [-0.4, -0.2) is 94.2 Å². The Balaban J connectivity index is 0.000000208. The fraction of sp³-hybridized carbons (Fsp3) is 0.321.